The van der Waals surface area contributed by atoms with Gasteiger partial charge in [0.25, 0.3) is 0 Å². The van der Waals surface area contributed by atoms with Crippen molar-refractivity contribution in [2.45, 2.75) is 52.5 Å². The zero-order valence-corrected chi connectivity index (χ0v) is 17.0. The summed E-state index contributed by atoms with van der Waals surface area (Å²) < 4.78 is 0. The lowest BCUT2D eigenvalue weighted by Gasteiger charge is -2.28. The summed E-state index contributed by atoms with van der Waals surface area (Å²) in [5.74, 6) is 0.151. The highest BCUT2D eigenvalue weighted by atomic mass is 16.2. The zero-order chi connectivity index (χ0) is 20.1. The highest BCUT2D eigenvalue weighted by Crippen LogP contribution is 2.30. The summed E-state index contributed by atoms with van der Waals surface area (Å²) >= 11 is 0. The third kappa shape index (κ3) is 5.00. The van der Waals surface area contributed by atoms with E-state index < -0.39 is 0 Å². The average molecular weight is 379 g/mol. The lowest BCUT2D eigenvalue weighted by Crippen LogP contribution is -2.36. The van der Waals surface area contributed by atoms with Gasteiger partial charge in [0.05, 0.1) is 6.04 Å². The normalized spacial score (nSPS) is 20.2. The van der Waals surface area contributed by atoms with Crippen LogP contribution in [0, 0.1) is 25.7 Å². The number of aryl methyl sites for hydroxylation is 2. The third-order valence-corrected chi connectivity index (χ3v) is 5.90. The quantitative estimate of drug-likeness (QED) is 0.775. The minimum atomic E-state index is -0.0165. The fourth-order valence-electron chi connectivity index (χ4n) is 3.84. The minimum absolute atomic E-state index is 0.000464. The van der Waals surface area contributed by atoms with Gasteiger partial charge >= 0.3 is 0 Å². The minimum Gasteiger partial charge on any atom is -0.349 e. The maximum Gasteiger partial charge on any atom is 0.227 e. The van der Waals surface area contributed by atoms with Crippen LogP contribution in [-0.2, 0) is 9.59 Å². The molecule has 0 radical (unpaired) electrons. The molecule has 1 aliphatic rings. The summed E-state index contributed by atoms with van der Waals surface area (Å²) in [6.07, 6.45) is 3.04. The van der Waals surface area contributed by atoms with Crippen LogP contribution in [0.25, 0.3) is 0 Å². The van der Waals surface area contributed by atoms with Crippen LogP contribution in [0.3, 0.4) is 0 Å². The van der Waals surface area contributed by atoms with Crippen LogP contribution in [0.5, 0.6) is 0 Å². The van der Waals surface area contributed by atoms with Crippen LogP contribution in [0.15, 0.2) is 48.5 Å². The number of hydrogen-bond donors (Lipinski definition) is 2. The van der Waals surface area contributed by atoms with Crippen molar-refractivity contribution in [1.29, 1.82) is 0 Å². The predicted molar refractivity (Wildman–Crippen MR) is 113 cm³/mol. The maximum absolute atomic E-state index is 12.6. The van der Waals surface area contributed by atoms with E-state index >= 15 is 0 Å². The molecular weight excluding hydrogens is 348 g/mol. The van der Waals surface area contributed by atoms with Gasteiger partial charge in [0, 0.05) is 17.5 Å². The van der Waals surface area contributed by atoms with Gasteiger partial charge in [0.15, 0.2) is 0 Å². The van der Waals surface area contributed by atoms with E-state index in [9.17, 15) is 9.59 Å². The van der Waals surface area contributed by atoms with E-state index in [1.165, 1.54) is 11.1 Å². The van der Waals surface area contributed by atoms with Crippen LogP contribution in [-0.4, -0.2) is 11.8 Å². The molecule has 1 aliphatic carbocycles. The Morgan fingerprint density at radius 1 is 0.857 bits per heavy atom. The lowest BCUT2D eigenvalue weighted by molar-refractivity contribution is -0.129. The molecule has 2 amide bonds. The second-order valence-corrected chi connectivity index (χ2v) is 7.98. The molecule has 1 fully saturated rings. The van der Waals surface area contributed by atoms with Gasteiger partial charge in [-0.15, -0.1) is 0 Å². The fraction of sp³-hybridized carbons (Fsp3) is 0.417. The molecule has 3 rings (SSSR count). The summed E-state index contributed by atoms with van der Waals surface area (Å²) in [7, 11) is 0. The Kier molecular flexibility index (Phi) is 6.50. The van der Waals surface area contributed by atoms with Crippen LogP contribution < -0.4 is 10.6 Å². The molecule has 2 aromatic carbocycles. The van der Waals surface area contributed by atoms with E-state index in [1.807, 2.05) is 62.4 Å². The molecule has 148 valence electrons. The Balaban J connectivity index is 1.48. The first kappa shape index (κ1) is 20.1. The molecule has 2 aromatic rings. The van der Waals surface area contributed by atoms with E-state index in [4.69, 9.17) is 0 Å². The van der Waals surface area contributed by atoms with Crippen molar-refractivity contribution in [3.05, 3.63) is 65.2 Å². The number of carbonyl (C=O) groups excluding carboxylic acids is 2. The van der Waals surface area contributed by atoms with Crippen molar-refractivity contribution in [1.82, 2.24) is 5.32 Å². The number of benzene rings is 2. The molecule has 4 heteroatoms. The van der Waals surface area contributed by atoms with E-state index in [2.05, 4.69) is 17.6 Å². The molecule has 0 aromatic heterocycles. The summed E-state index contributed by atoms with van der Waals surface area (Å²) in [4.78, 5) is 25.2. The number of carbonyl (C=O) groups is 2. The first-order valence-electron chi connectivity index (χ1n) is 10.2. The number of anilines is 1. The number of hydrogen-bond acceptors (Lipinski definition) is 2. The largest absolute Gasteiger partial charge is 0.349 e. The lowest BCUT2D eigenvalue weighted by atomic mass is 9.81. The molecule has 0 aliphatic heterocycles. The molecule has 1 atom stereocenters. The zero-order valence-electron chi connectivity index (χ0n) is 17.0. The Morgan fingerprint density at radius 2 is 1.46 bits per heavy atom. The van der Waals surface area contributed by atoms with Crippen molar-refractivity contribution in [2.24, 2.45) is 11.8 Å². The average Bonchev–Trinajstić information content (AvgIpc) is 2.71. The molecular formula is C24H30N2O2. The van der Waals surface area contributed by atoms with E-state index in [0.29, 0.717) is 0 Å². The van der Waals surface area contributed by atoms with Crippen molar-refractivity contribution in [2.75, 3.05) is 5.32 Å². The summed E-state index contributed by atoms with van der Waals surface area (Å²) in [5.41, 5.74) is 4.35. The standard InChI is InChI=1S/C24H30N2O2/c1-16-9-14-22(15-17(16)2)26-24(28)21-12-10-20(11-13-21)23(27)25-18(3)19-7-5-4-6-8-19/h4-9,14-15,18,20-21H,10-13H2,1-3H3,(H,25,27)(H,26,28). The van der Waals surface area contributed by atoms with Crippen molar-refractivity contribution in [3.63, 3.8) is 0 Å². The summed E-state index contributed by atoms with van der Waals surface area (Å²) in [6.45, 7) is 6.12. The smallest absolute Gasteiger partial charge is 0.227 e. The highest BCUT2D eigenvalue weighted by Gasteiger charge is 2.30. The SMILES string of the molecule is Cc1ccc(NC(=O)C2CCC(C(=O)NC(C)c3ccccc3)CC2)cc1C. The molecule has 28 heavy (non-hydrogen) atoms. The summed E-state index contributed by atoms with van der Waals surface area (Å²) in [6, 6.07) is 16.0. The van der Waals surface area contributed by atoms with Crippen LogP contribution in [0.4, 0.5) is 5.69 Å². The molecule has 0 heterocycles. The van der Waals surface area contributed by atoms with E-state index in [0.717, 1.165) is 36.9 Å². The molecule has 1 unspecified atom stereocenters. The fourth-order valence-corrected chi connectivity index (χ4v) is 3.84. The predicted octanol–water partition coefficient (Wildman–Crippen LogP) is 4.93. The van der Waals surface area contributed by atoms with Gasteiger partial charge in [-0.25, -0.2) is 0 Å². The number of amides is 2. The molecule has 0 spiro atoms. The molecule has 4 nitrogen and oxygen atoms in total. The van der Waals surface area contributed by atoms with Gasteiger partial charge in [-0.1, -0.05) is 36.4 Å². The molecule has 0 bridgehead atoms. The number of rotatable bonds is 5. The van der Waals surface area contributed by atoms with Gasteiger partial charge < -0.3 is 10.6 Å². The van der Waals surface area contributed by atoms with Crippen molar-refractivity contribution < 1.29 is 9.59 Å². The van der Waals surface area contributed by atoms with Gasteiger partial charge in [-0.05, 0) is 75.3 Å². The van der Waals surface area contributed by atoms with Crippen molar-refractivity contribution in [3.8, 4) is 0 Å². The second kappa shape index (κ2) is 9.05. The maximum atomic E-state index is 12.6. The Morgan fingerprint density at radius 3 is 2.07 bits per heavy atom. The van der Waals surface area contributed by atoms with E-state index in [1.54, 1.807) is 0 Å². The Bertz CT molecular complexity index is 824. The van der Waals surface area contributed by atoms with Gasteiger partial charge in [0.2, 0.25) is 11.8 Å². The Labute approximate surface area is 167 Å². The Hall–Kier alpha value is -2.62. The van der Waals surface area contributed by atoms with Crippen molar-refractivity contribution >= 4 is 17.5 Å². The first-order valence-corrected chi connectivity index (χ1v) is 10.2. The van der Waals surface area contributed by atoms with Gasteiger partial charge in [-0.3, -0.25) is 9.59 Å². The highest BCUT2D eigenvalue weighted by molar-refractivity contribution is 5.93. The number of nitrogens with one attached hydrogen (secondary N) is 2. The topological polar surface area (TPSA) is 58.2 Å². The van der Waals surface area contributed by atoms with Gasteiger partial charge in [0.1, 0.15) is 0 Å². The first-order chi connectivity index (χ1) is 13.4. The molecule has 1 saturated carbocycles. The van der Waals surface area contributed by atoms with Gasteiger partial charge in [-0.2, -0.15) is 0 Å². The molecule has 2 N–H and O–H groups in total. The summed E-state index contributed by atoms with van der Waals surface area (Å²) in [5, 5.41) is 6.16. The third-order valence-electron chi connectivity index (χ3n) is 5.90. The second-order valence-electron chi connectivity index (χ2n) is 7.98. The van der Waals surface area contributed by atoms with Crippen LogP contribution >= 0.6 is 0 Å². The van der Waals surface area contributed by atoms with E-state index in [-0.39, 0.29) is 29.7 Å². The molecule has 0 saturated heterocycles. The van der Waals surface area contributed by atoms with Crippen LogP contribution in [0.2, 0.25) is 0 Å². The van der Waals surface area contributed by atoms with Crippen LogP contribution in [0.1, 0.15) is 55.3 Å². The monoisotopic (exact) mass is 378 g/mol.